The van der Waals surface area contributed by atoms with Crippen LogP contribution in [-0.4, -0.2) is 45.9 Å². The Bertz CT molecular complexity index is 2180. The number of aliphatic hydroxyl groups excluding tert-OH is 1. The van der Waals surface area contributed by atoms with E-state index in [1.165, 1.54) is 5.57 Å². The molecule has 0 radical (unpaired) electrons. The molecule has 10 rings (SSSR count). The number of fused-ring (bicyclic) bond motifs is 10. The lowest BCUT2D eigenvalue weighted by atomic mass is 9.40. The van der Waals surface area contributed by atoms with E-state index in [1.54, 1.807) is 0 Å². The lowest BCUT2D eigenvalue weighted by Crippen LogP contribution is -2.63. The fourth-order valence-electron chi connectivity index (χ4n) is 17.1. The van der Waals surface area contributed by atoms with Crippen LogP contribution in [-0.2, 0) is 29.3 Å². The van der Waals surface area contributed by atoms with Gasteiger partial charge in [0.2, 0.25) is 0 Å². The monoisotopic (exact) mass is 826 g/mol. The van der Waals surface area contributed by atoms with Gasteiger partial charge in [-0.3, -0.25) is 19.2 Å². The number of aliphatic carboxylic acids is 1. The van der Waals surface area contributed by atoms with Gasteiger partial charge in [-0.2, -0.15) is 0 Å². The first-order chi connectivity index (χ1) is 29.2. The number of esters is 1. The summed E-state index contributed by atoms with van der Waals surface area (Å²) in [6.07, 6.45) is 15.4. The van der Waals surface area contributed by atoms with Crippen LogP contribution in [0.3, 0.4) is 0 Å². The average molecular weight is 827 g/mol. The van der Waals surface area contributed by atoms with Crippen molar-refractivity contribution in [1.29, 1.82) is 0 Å². The molecule has 0 amide bonds. The van der Waals surface area contributed by atoms with Crippen molar-refractivity contribution in [2.45, 2.75) is 148 Å². The van der Waals surface area contributed by atoms with Crippen LogP contribution in [0.15, 0.2) is 84.0 Å². The van der Waals surface area contributed by atoms with Crippen LogP contribution in [0, 0.1) is 63.1 Å². The predicted octanol–water partition coefficient (Wildman–Crippen LogP) is 10.4. The first kappa shape index (κ1) is 41.2. The molecular weight excluding hydrogens is 761 g/mol. The minimum absolute atomic E-state index is 0.0267. The molecule has 2 aromatic rings. The quantitative estimate of drug-likeness (QED) is 0.267. The van der Waals surface area contributed by atoms with Crippen molar-refractivity contribution in [3.63, 3.8) is 0 Å². The third-order valence-electron chi connectivity index (χ3n) is 20.2. The molecule has 0 bridgehead atoms. The van der Waals surface area contributed by atoms with Gasteiger partial charge in [0.15, 0.2) is 11.6 Å². The predicted molar refractivity (Wildman–Crippen MR) is 233 cm³/mol. The molecule has 0 heterocycles. The van der Waals surface area contributed by atoms with Gasteiger partial charge >= 0.3 is 11.9 Å². The van der Waals surface area contributed by atoms with E-state index < -0.39 is 40.7 Å². The zero-order chi connectivity index (χ0) is 42.7. The summed E-state index contributed by atoms with van der Waals surface area (Å²) in [6.45, 7) is 9.27. The van der Waals surface area contributed by atoms with Crippen LogP contribution < -0.4 is 0 Å². The van der Waals surface area contributed by atoms with Crippen LogP contribution in [0.4, 0.5) is 0 Å². The summed E-state index contributed by atoms with van der Waals surface area (Å²) in [5, 5.41) is 23.1. The number of hydrogen-bond acceptors (Lipinski definition) is 6. The lowest BCUT2D eigenvalue weighted by molar-refractivity contribution is -0.180. The zero-order valence-electron chi connectivity index (χ0n) is 36.7. The Hall–Kier alpha value is -3.84. The van der Waals surface area contributed by atoms with E-state index in [1.807, 2.05) is 72.8 Å². The topological polar surface area (TPSA) is 118 Å². The van der Waals surface area contributed by atoms with Crippen LogP contribution >= 0.6 is 0 Å². The second-order valence-corrected chi connectivity index (χ2v) is 22.1. The second kappa shape index (κ2) is 14.6. The standard InChI is InChI=1S/C54H66O7/c1-50-26-23-36(55)29-34(50)15-17-38-41-20-22-46(52(41,3)28-24-42(38)50)61-49(60)54(33-13-9-6-10-14-33,47(48(58)59)32-11-7-5-8-12-32)44-31-37(56)30-35-16-18-39-40-19-21-45(57)51(40,2)27-25-43(39)53(35,44)4/h5-14,29-30,38-47,57H,15-28,31H2,1-4H3,(H,58,59)/t38-,39-,40-,41-,42-,43-,44?,45-,46-,47?,50-,51-,52-,53-,54?/m0/s1. The smallest absolute Gasteiger partial charge is 0.318 e. The maximum absolute atomic E-state index is 16.5. The Morgan fingerprint density at radius 2 is 1.28 bits per heavy atom. The molecule has 0 aromatic heterocycles. The molecule has 6 fully saturated rings. The van der Waals surface area contributed by atoms with Crippen molar-refractivity contribution in [3.8, 4) is 0 Å². The molecule has 6 saturated carbocycles. The van der Waals surface area contributed by atoms with E-state index in [4.69, 9.17) is 4.74 Å². The Morgan fingerprint density at radius 3 is 2.00 bits per heavy atom. The molecule has 7 nitrogen and oxygen atoms in total. The molecule has 8 aliphatic rings. The summed E-state index contributed by atoms with van der Waals surface area (Å²) >= 11 is 0. The maximum Gasteiger partial charge on any atom is 0.318 e. The molecule has 8 aliphatic carbocycles. The van der Waals surface area contributed by atoms with E-state index in [-0.39, 0.29) is 52.2 Å². The third-order valence-corrected chi connectivity index (χ3v) is 20.2. The Labute approximate surface area is 362 Å². The number of carboxylic acid groups (broad SMARTS) is 1. The number of hydrogen-bond donors (Lipinski definition) is 2. The van der Waals surface area contributed by atoms with Crippen LogP contribution in [0.1, 0.15) is 141 Å². The van der Waals surface area contributed by atoms with Gasteiger partial charge in [-0.05, 0) is 164 Å². The number of carboxylic acids is 1. The first-order valence-corrected chi connectivity index (χ1v) is 23.9. The van der Waals surface area contributed by atoms with Gasteiger partial charge in [0.25, 0.3) is 0 Å². The summed E-state index contributed by atoms with van der Waals surface area (Å²) < 4.78 is 7.21. The molecule has 2 N–H and O–H groups in total. The highest BCUT2D eigenvalue weighted by molar-refractivity contribution is 5.98. The minimum Gasteiger partial charge on any atom is -0.481 e. The van der Waals surface area contributed by atoms with Gasteiger partial charge in [-0.15, -0.1) is 0 Å². The summed E-state index contributed by atoms with van der Waals surface area (Å²) in [6, 6.07) is 18.8. The molecule has 2 aromatic carbocycles. The van der Waals surface area contributed by atoms with Crippen LogP contribution in [0.5, 0.6) is 0 Å². The normalized spacial score (nSPS) is 42.8. The van der Waals surface area contributed by atoms with E-state index in [0.717, 1.165) is 89.0 Å². The van der Waals surface area contributed by atoms with Crippen molar-refractivity contribution in [2.75, 3.05) is 0 Å². The van der Waals surface area contributed by atoms with Gasteiger partial charge < -0.3 is 14.9 Å². The second-order valence-electron chi connectivity index (χ2n) is 22.1. The average Bonchev–Trinajstić information content (AvgIpc) is 3.74. The van der Waals surface area contributed by atoms with E-state index in [2.05, 4.69) is 27.7 Å². The molecule has 7 heteroatoms. The number of carbonyl (C=O) groups is 4. The van der Waals surface area contributed by atoms with Crippen molar-refractivity contribution in [1.82, 2.24) is 0 Å². The van der Waals surface area contributed by atoms with E-state index >= 15 is 4.79 Å². The first-order valence-electron chi connectivity index (χ1n) is 23.9. The van der Waals surface area contributed by atoms with Crippen LogP contribution in [0.2, 0.25) is 0 Å². The number of aliphatic hydroxyl groups is 1. The number of ether oxygens (including phenoxy) is 1. The number of rotatable bonds is 7. The molecule has 0 saturated heterocycles. The highest BCUT2D eigenvalue weighted by Crippen LogP contribution is 2.71. The van der Waals surface area contributed by atoms with Gasteiger partial charge in [0.05, 0.1) is 6.10 Å². The van der Waals surface area contributed by atoms with Crippen molar-refractivity contribution < 1.29 is 34.1 Å². The molecule has 61 heavy (non-hydrogen) atoms. The van der Waals surface area contributed by atoms with Gasteiger partial charge in [0, 0.05) is 18.3 Å². The molecule has 0 aliphatic heterocycles. The summed E-state index contributed by atoms with van der Waals surface area (Å²) in [5.41, 5.74) is 0.688. The van der Waals surface area contributed by atoms with Crippen LogP contribution in [0.25, 0.3) is 0 Å². The number of allylic oxidation sites excluding steroid dienone is 2. The molecule has 15 atom stereocenters. The fourth-order valence-corrected chi connectivity index (χ4v) is 17.1. The Morgan fingerprint density at radius 1 is 0.672 bits per heavy atom. The zero-order valence-corrected chi connectivity index (χ0v) is 36.7. The lowest BCUT2D eigenvalue weighted by Gasteiger charge is -2.63. The van der Waals surface area contributed by atoms with Gasteiger partial charge in [-0.25, -0.2) is 0 Å². The van der Waals surface area contributed by atoms with Crippen molar-refractivity contribution in [3.05, 3.63) is 95.1 Å². The van der Waals surface area contributed by atoms with Gasteiger partial charge in [0.1, 0.15) is 17.4 Å². The van der Waals surface area contributed by atoms with E-state index in [0.29, 0.717) is 41.2 Å². The SMILES string of the molecule is C[C@]12CC[C@H]3[C@@H](CCC4=CC(=O)CC[C@@]43C)[C@@H]1CC[C@@H]2OC(=O)C(c1ccccc1)(C(C(=O)O)c1ccccc1)C1CC(=O)C=C2CC[C@H]3[C@@H]4CC[C@H](O)[C@@]4(C)CC[C@@H]3[C@]21C. The Kier molecular flexibility index (Phi) is 9.86. The summed E-state index contributed by atoms with van der Waals surface area (Å²) in [5.74, 6) is -1.35. The van der Waals surface area contributed by atoms with Gasteiger partial charge in [-0.1, -0.05) is 99.5 Å². The third kappa shape index (κ3) is 5.83. The maximum atomic E-state index is 16.5. The van der Waals surface area contributed by atoms with E-state index in [9.17, 15) is 24.6 Å². The molecule has 3 unspecified atom stereocenters. The minimum atomic E-state index is -1.74. The molecule has 0 spiro atoms. The number of benzene rings is 2. The highest BCUT2D eigenvalue weighted by atomic mass is 16.5. The van der Waals surface area contributed by atoms with Crippen molar-refractivity contribution >= 4 is 23.5 Å². The summed E-state index contributed by atoms with van der Waals surface area (Å²) in [7, 11) is 0. The molecule has 324 valence electrons. The van der Waals surface area contributed by atoms with Crippen molar-refractivity contribution in [2.24, 2.45) is 63.1 Å². The number of ketones is 2. The highest BCUT2D eigenvalue weighted by Gasteiger charge is 2.70. The summed E-state index contributed by atoms with van der Waals surface area (Å²) in [4.78, 5) is 57.8. The largest absolute Gasteiger partial charge is 0.481 e. The fraction of sp³-hybridized carbons (Fsp3) is 0.630. The Balaban J connectivity index is 1.10. The number of carbonyl (C=O) groups excluding carboxylic acids is 3. The molecular formula is C54H66O7.